The van der Waals surface area contributed by atoms with Crippen molar-refractivity contribution in [3.8, 4) is 0 Å². The van der Waals surface area contributed by atoms with Gasteiger partial charge >= 0.3 is 5.97 Å². The Labute approximate surface area is 231 Å². The Kier molecular flexibility index (Phi) is 7.89. The SMILES string of the molecule is CCOC(=O)C1=C(c2ccccc2)N=c2s/c(=C\c3ccc(N(CC)CC)cc3)c(=O)n2[C@H]1c1ccccc1. The Morgan fingerprint density at radius 1 is 0.949 bits per heavy atom. The first-order chi connectivity index (χ1) is 19.0. The van der Waals surface area contributed by atoms with Gasteiger partial charge in [-0.15, -0.1) is 0 Å². The van der Waals surface area contributed by atoms with Crippen molar-refractivity contribution in [2.75, 3.05) is 24.6 Å². The van der Waals surface area contributed by atoms with Gasteiger partial charge in [0.15, 0.2) is 4.80 Å². The molecule has 7 heteroatoms. The average molecular weight is 538 g/mol. The number of carbonyl (C=O) groups excluding carboxylic acids is 1. The highest BCUT2D eigenvalue weighted by Gasteiger charge is 2.35. The second kappa shape index (κ2) is 11.7. The molecule has 0 unspecified atom stereocenters. The van der Waals surface area contributed by atoms with Crippen LogP contribution >= 0.6 is 11.3 Å². The number of carbonyl (C=O) groups is 1. The highest BCUT2D eigenvalue weighted by atomic mass is 32.1. The molecule has 6 nitrogen and oxygen atoms in total. The van der Waals surface area contributed by atoms with E-state index in [1.807, 2.05) is 78.9 Å². The van der Waals surface area contributed by atoms with E-state index in [4.69, 9.17) is 9.73 Å². The van der Waals surface area contributed by atoms with Crippen molar-refractivity contribution in [3.05, 3.63) is 127 Å². The van der Waals surface area contributed by atoms with Crippen LogP contribution in [0.1, 0.15) is 43.5 Å². The molecule has 0 amide bonds. The molecule has 0 bridgehead atoms. The van der Waals surface area contributed by atoms with Crippen molar-refractivity contribution < 1.29 is 9.53 Å². The van der Waals surface area contributed by atoms with E-state index in [9.17, 15) is 9.59 Å². The molecule has 198 valence electrons. The summed E-state index contributed by atoms with van der Waals surface area (Å²) >= 11 is 1.33. The van der Waals surface area contributed by atoms with Gasteiger partial charge in [0.1, 0.15) is 0 Å². The Hall–Kier alpha value is -4.23. The zero-order valence-corrected chi connectivity index (χ0v) is 23.2. The number of hydrogen-bond acceptors (Lipinski definition) is 6. The summed E-state index contributed by atoms with van der Waals surface area (Å²) in [5.74, 6) is -0.477. The molecule has 3 aromatic carbocycles. The van der Waals surface area contributed by atoms with E-state index in [-0.39, 0.29) is 12.2 Å². The van der Waals surface area contributed by atoms with E-state index in [0.29, 0.717) is 20.6 Å². The van der Waals surface area contributed by atoms with Gasteiger partial charge in [-0.1, -0.05) is 84.1 Å². The Bertz CT molecular complexity index is 1670. The topological polar surface area (TPSA) is 63.9 Å². The molecule has 0 saturated carbocycles. The van der Waals surface area contributed by atoms with Crippen LogP contribution in [0.4, 0.5) is 5.69 Å². The fraction of sp³-hybridized carbons (Fsp3) is 0.219. The zero-order chi connectivity index (χ0) is 27.4. The number of ether oxygens (including phenoxy) is 1. The maximum absolute atomic E-state index is 13.9. The van der Waals surface area contributed by atoms with Crippen LogP contribution in [0.3, 0.4) is 0 Å². The smallest absolute Gasteiger partial charge is 0.338 e. The van der Waals surface area contributed by atoms with E-state index in [0.717, 1.165) is 35.5 Å². The number of aromatic nitrogens is 1. The lowest BCUT2D eigenvalue weighted by molar-refractivity contribution is -0.138. The number of nitrogens with zero attached hydrogens (tertiary/aromatic N) is 3. The number of benzene rings is 3. The molecule has 0 saturated heterocycles. The number of fused-ring (bicyclic) bond motifs is 1. The van der Waals surface area contributed by atoms with Gasteiger partial charge in [-0.25, -0.2) is 9.79 Å². The number of hydrogen-bond donors (Lipinski definition) is 0. The summed E-state index contributed by atoms with van der Waals surface area (Å²) in [6.07, 6.45) is 1.90. The third-order valence-corrected chi connectivity index (χ3v) is 7.79. The molecule has 4 aromatic rings. The number of thiazole rings is 1. The van der Waals surface area contributed by atoms with E-state index in [1.165, 1.54) is 11.3 Å². The second-order valence-electron chi connectivity index (χ2n) is 9.11. The molecule has 0 N–H and O–H groups in total. The summed E-state index contributed by atoms with van der Waals surface area (Å²) in [5, 5.41) is 0. The zero-order valence-electron chi connectivity index (χ0n) is 22.3. The summed E-state index contributed by atoms with van der Waals surface area (Å²) in [7, 11) is 0. The van der Waals surface area contributed by atoms with Crippen molar-refractivity contribution in [3.63, 3.8) is 0 Å². The van der Waals surface area contributed by atoms with Crippen LogP contribution in [-0.4, -0.2) is 30.2 Å². The number of rotatable bonds is 8. The predicted octanol–water partition coefficient (Wildman–Crippen LogP) is 4.78. The molecule has 1 aromatic heterocycles. The molecule has 1 aliphatic rings. The molecule has 5 rings (SSSR count). The van der Waals surface area contributed by atoms with E-state index in [1.54, 1.807) is 11.5 Å². The van der Waals surface area contributed by atoms with Crippen LogP contribution in [0, 0.1) is 0 Å². The summed E-state index contributed by atoms with van der Waals surface area (Å²) < 4.78 is 7.70. The van der Waals surface area contributed by atoms with Crippen LogP contribution in [0.15, 0.2) is 100 Å². The van der Waals surface area contributed by atoms with Gasteiger partial charge in [0.2, 0.25) is 0 Å². The third kappa shape index (κ3) is 5.22. The fourth-order valence-corrected chi connectivity index (χ4v) is 5.91. The van der Waals surface area contributed by atoms with Crippen LogP contribution in [0.5, 0.6) is 0 Å². The highest BCUT2D eigenvalue weighted by molar-refractivity contribution is 7.07. The van der Waals surface area contributed by atoms with Gasteiger partial charge in [0.25, 0.3) is 5.56 Å². The van der Waals surface area contributed by atoms with Crippen molar-refractivity contribution >= 4 is 34.8 Å². The first-order valence-electron chi connectivity index (χ1n) is 13.2. The maximum Gasteiger partial charge on any atom is 0.338 e. The third-order valence-electron chi connectivity index (χ3n) is 6.81. The summed E-state index contributed by atoms with van der Waals surface area (Å²) in [4.78, 5) is 35.1. The molecular formula is C32H31N3O3S. The summed E-state index contributed by atoms with van der Waals surface area (Å²) in [5.41, 5.74) is 4.39. The predicted molar refractivity (Wildman–Crippen MR) is 158 cm³/mol. The number of anilines is 1. The van der Waals surface area contributed by atoms with E-state index >= 15 is 0 Å². The number of esters is 1. The van der Waals surface area contributed by atoms with Crippen molar-refractivity contribution in [2.24, 2.45) is 4.99 Å². The lowest BCUT2D eigenvalue weighted by atomic mass is 9.93. The first-order valence-corrected chi connectivity index (χ1v) is 14.1. The van der Waals surface area contributed by atoms with Crippen molar-refractivity contribution in [2.45, 2.75) is 26.8 Å². The minimum Gasteiger partial charge on any atom is -0.463 e. The largest absolute Gasteiger partial charge is 0.463 e. The molecule has 1 aliphatic heterocycles. The van der Waals surface area contributed by atoms with Crippen LogP contribution in [0.2, 0.25) is 0 Å². The first kappa shape index (κ1) is 26.4. The summed E-state index contributed by atoms with van der Waals surface area (Å²) in [6.45, 7) is 8.13. The Morgan fingerprint density at radius 3 is 2.21 bits per heavy atom. The molecular weight excluding hydrogens is 506 g/mol. The fourth-order valence-electron chi connectivity index (χ4n) is 4.91. The van der Waals surface area contributed by atoms with Crippen LogP contribution < -0.4 is 19.8 Å². The molecule has 0 fully saturated rings. The van der Waals surface area contributed by atoms with Gasteiger partial charge in [-0.2, -0.15) is 0 Å². The van der Waals surface area contributed by atoms with Gasteiger partial charge in [-0.05, 0) is 50.1 Å². The molecule has 0 radical (unpaired) electrons. The quantitative estimate of drug-likeness (QED) is 0.304. The minimum atomic E-state index is -0.663. The van der Waals surface area contributed by atoms with Gasteiger partial charge < -0.3 is 9.64 Å². The average Bonchev–Trinajstić information content (AvgIpc) is 3.29. The Balaban J connectivity index is 1.72. The van der Waals surface area contributed by atoms with E-state index in [2.05, 4.69) is 30.9 Å². The molecule has 0 spiro atoms. The lowest BCUT2D eigenvalue weighted by Crippen LogP contribution is -2.39. The van der Waals surface area contributed by atoms with Crippen LogP contribution in [-0.2, 0) is 9.53 Å². The second-order valence-corrected chi connectivity index (χ2v) is 10.1. The van der Waals surface area contributed by atoms with Crippen molar-refractivity contribution in [1.82, 2.24) is 4.57 Å². The van der Waals surface area contributed by atoms with Gasteiger partial charge in [-0.3, -0.25) is 9.36 Å². The molecule has 0 aliphatic carbocycles. The normalized spacial score (nSPS) is 15.1. The molecule has 2 heterocycles. The lowest BCUT2D eigenvalue weighted by Gasteiger charge is -2.25. The van der Waals surface area contributed by atoms with Crippen LogP contribution in [0.25, 0.3) is 11.8 Å². The standard InChI is InChI=1S/C32H31N3O3S/c1-4-34(5-2)25-19-17-22(18-20-25)21-26-30(36)35-29(24-15-11-8-12-16-24)27(31(37)38-6-3)28(33-32(35)39-26)23-13-9-7-10-14-23/h7-21,29H,4-6H2,1-3H3/b26-21-/t29-/m0/s1. The van der Waals surface area contributed by atoms with Crippen molar-refractivity contribution in [1.29, 1.82) is 0 Å². The van der Waals surface area contributed by atoms with E-state index < -0.39 is 12.0 Å². The van der Waals surface area contributed by atoms with Gasteiger partial charge in [0.05, 0.1) is 28.5 Å². The highest BCUT2D eigenvalue weighted by Crippen LogP contribution is 2.35. The Morgan fingerprint density at radius 2 is 1.59 bits per heavy atom. The summed E-state index contributed by atoms with van der Waals surface area (Å²) in [6, 6.07) is 26.7. The maximum atomic E-state index is 13.9. The van der Waals surface area contributed by atoms with Gasteiger partial charge in [0, 0.05) is 24.3 Å². The molecule has 39 heavy (non-hydrogen) atoms. The monoisotopic (exact) mass is 537 g/mol. The molecule has 1 atom stereocenters. The minimum absolute atomic E-state index is 0.186.